The fourth-order valence-corrected chi connectivity index (χ4v) is 4.47. The molecule has 8 nitrogen and oxygen atoms in total. The van der Waals surface area contributed by atoms with Gasteiger partial charge >= 0.3 is 0 Å². The standard InChI is InChI=1S/C24H28N4O4/c29-23(18-7-3-1-4-8-18)25-20-11-15-27(16-12-20)24(30)19-9-10-21(22(17-19)28(31)32)26-13-5-2-6-14-26/h1,3-4,7-10,17,20H,2,5-6,11-16H2,(H,25,29). The van der Waals surface area contributed by atoms with Crippen LogP contribution in [0.5, 0.6) is 0 Å². The summed E-state index contributed by atoms with van der Waals surface area (Å²) in [6.07, 6.45) is 4.49. The van der Waals surface area contributed by atoms with Crippen molar-refractivity contribution in [3.63, 3.8) is 0 Å². The van der Waals surface area contributed by atoms with Gasteiger partial charge in [0.05, 0.1) is 4.92 Å². The fourth-order valence-electron chi connectivity index (χ4n) is 4.47. The van der Waals surface area contributed by atoms with Crippen LogP contribution in [0, 0.1) is 10.1 Å². The topological polar surface area (TPSA) is 95.8 Å². The van der Waals surface area contributed by atoms with Gasteiger partial charge < -0.3 is 15.1 Å². The van der Waals surface area contributed by atoms with E-state index in [1.165, 1.54) is 6.07 Å². The Morgan fingerprint density at radius 1 is 0.906 bits per heavy atom. The van der Waals surface area contributed by atoms with Gasteiger partial charge in [0, 0.05) is 49.4 Å². The van der Waals surface area contributed by atoms with E-state index in [1.807, 2.05) is 23.1 Å². The maximum absolute atomic E-state index is 13.0. The Balaban J connectivity index is 1.39. The first-order chi connectivity index (χ1) is 15.5. The van der Waals surface area contributed by atoms with Crippen LogP contribution >= 0.6 is 0 Å². The maximum atomic E-state index is 13.0. The molecule has 2 aromatic carbocycles. The number of amides is 2. The molecule has 0 atom stereocenters. The summed E-state index contributed by atoms with van der Waals surface area (Å²) in [6, 6.07) is 13.9. The normalized spacial score (nSPS) is 17.1. The smallest absolute Gasteiger partial charge is 0.293 e. The van der Waals surface area contributed by atoms with Crippen molar-refractivity contribution in [3.8, 4) is 0 Å². The number of likely N-dealkylation sites (tertiary alicyclic amines) is 1. The highest BCUT2D eigenvalue weighted by Crippen LogP contribution is 2.32. The molecule has 0 saturated carbocycles. The van der Waals surface area contributed by atoms with Gasteiger partial charge in [0.25, 0.3) is 17.5 Å². The van der Waals surface area contributed by atoms with Crippen molar-refractivity contribution in [1.82, 2.24) is 10.2 Å². The van der Waals surface area contributed by atoms with E-state index < -0.39 is 4.92 Å². The average molecular weight is 437 g/mol. The van der Waals surface area contributed by atoms with E-state index in [0.29, 0.717) is 42.7 Å². The molecule has 2 amide bonds. The molecule has 168 valence electrons. The Labute approximate surface area is 187 Å². The van der Waals surface area contributed by atoms with Gasteiger partial charge in [-0.2, -0.15) is 0 Å². The van der Waals surface area contributed by atoms with Crippen molar-refractivity contribution in [2.24, 2.45) is 0 Å². The molecule has 0 aliphatic carbocycles. The van der Waals surface area contributed by atoms with Crippen LogP contribution in [-0.2, 0) is 0 Å². The third-order valence-corrected chi connectivity index (χ3v) is 6.27. The highest BCUT2D eigenvalue weighted by molar-refractivity contribution is 5.96. The number of benzene rings is 2. The molecule has 2 aromatic rings. The Hall–Kier alpha value is -3.42. The molecule has 8 heteroatoms. The zero-order valence-corrected chi connectivity index (χ0v) is 18.0. The molecule has 0 radical (unpaired) electrons. The second-order valence-corrected chi connectivity index (χ2v) is 8.41. The van der Waals surface area contributed by atoms with Gasteiger partial charge in [0.15, 0.2) is 0 Å². The van der Waals surface area contributed by atoms with Crippen LogP contribution in [0.25, 0.3) is 0 Å². The molecule has 0 bridgehead atoms. The van der Waals surface area contributed by atoms with Crippen LogP contribution < -0.4 is 10.2 Å². The lowest BCUT2D eigenvalue weighted by Crippen LogP contribution is -2.46. The molecule has 2 aliphatic rings. The zero-order chi connectivity index (χ0) is 22.5. The van der Waals surface area contributed by atoms with Gasteiger partial charge in [-0.1, -0.05) is 18.2 Å². The van der Waals surface area contributed by atoms with Crippen LogP contribution in [-0.4, -0.2) is 53.9 Å². The molecular weight excluding hydrogens is 408 g/mol. The molecule has 1 N–H and O–H groups in total. The van der Waals surface area contributed by atoms with Crippen LogP contribution in [0.4, 0.5) is 11.4 Å². The Bertz CT molecular complexity index is 981. The number of nitrogens with zero attached hydrogens (tertiary/aromatic N) is 3. The van der Waals surface area contributed by atoms with Crippen molar-refractivity contribution in [1.29, 1.82) is 0 Å². The summed E-state index contributed by atoms with van der Waals surface area (Å²) in [5.41, 5.74) is 1.53. The largest absolute Gasteiger partial charge is 0.366 e. The van der Waals surface area contributed by atoms with Crippen molar-refractivity contribution >= 4 is 23.2 Å². The van der Waals surface area contributed by atoms with E-state index in [2.05, 4.69) is 5.32 Å². The first kappa shape index (κ1) is 21.8. The fraction of sp³-hybridized carbons (Fsp3) is 0.417. The molecule has 2 fully saturated rings. The molecule has 0 spiro atoms. The van der Waals surface area contributed by atoms with Crippen LogP contribution in [0.15, 0.2) is 48.5 Å². The second kappa shape index (κ2) is 9.80. The minimum absolute atomic E-state index is 0.00238. The van der Waals surface area contributed by atoms with E-state index in [4.69, 9.17) is 0 Å². The predicted molar refractivity (Wildman–Crippen MR) is 122 cm³/mol. The molecular formula is C24H28N4O4. The van der Waals surface area contributed by atoms with E-state index in [0.717, 1.165) is 32.4 Å². The summed E-state index contributed by atoms with van der Waals surface area (Å²) < 4.78 is 0. The number of carbonyl (C=O) groups excluding carboxylic acids is 2. The number of hydrogen-bond donors (Lipinski definition) is 1. The van der Waals surface area contributed by atoms with Gasteiger partial charge in [-0.3, -0.25) is 19.7 Å². The number of piperidine rings is 2. The first-order valence-electron chi connectivity index (χ1n) is 11.2. The zero-order valence-electron chi connectivity index (χ0n) is 18.0. The Morgan fingerprint density at radius 3 is 2.25 bits per heavy atom. The number of anilines is 1. The van der Waals surface area contributed by atoms with E-state index >= 15 is 0 Å². The Morgan fingerprint density at radius 2 is 1.59 bits per heavy atom. The highest BCUT2D eigenvalue weighted by atomic mass is 16.6. The summed E-state index contributed by atoms with van der Waals surface area (Å²) in [6.45, 7) is 2.60. The number of hydrogen-bond acceptors (Lipinski definition) is 5. The number of carbonyl (C=O) groups is 2. The monoisotopic (exact) mass is 436 g/mol. The van der Waals surface area contributed by atoms with Gasteiger partial charge in [-0.25, -0.2) is 0 Å². The summed E-state index contributed by atoms with van der Waals surface area (Å²) in [5.74, 6) is -0.314. The average Bonchev–Trinajstić information content (AvgIpc) is 2.84. The minimum Gasteiger partial charge on any atom is -0.366 e. The van der Waals surface area contributed by atoms with Gasteiger partial charge in [-0.05, 0) is 56.4 Å². The van der Waals surface area contributed by atoms with Crippen molar-refractivity contribution in [3.05, 3.63) is 69.8 Å². The number of nitro groups is 1. The van der Waals surface area contributed by atoms with Gasteiger partial charge in [-0.15, -0.1) is 0 Å². The van der Waals surface area contributed by atoms with Crippen molar-refractivity contribution in [2.75, 3.05) is 31.1 Å². The second-order valence-electron chi connectivity index (χ2n) is 8.41. The van der Waals surface area contributed by atoms with Crippen LogP contribution in [0.1, 0.15) is 52.8 Å². The SMILES string of the molecule is O=C(NC1CCN(C(=O)c2ccc(N3CCCCC3)c([N+](=O)[O-])c2)CC1)c1ccccc1. The number of nitrogens with one attached hydrogen (secondary N) is 1. The van der Waals surface area contributed by atoms with Gasteiger partial charge in [0.2, 0.25) is 0 Å². The Kier molecular flexibility index (Phi) is 6.68. The third kappa shape index (κ3) is 4.90. The lowest BCUT2D eigenvalue weighted by molar-refractivity contribution is -0.384. The summed E-state index contributed by atoms with van der Waals surface area (Å²) >= 11 is 0. The van der Waals surface area contributed by atoms with E-state index in [9.17, 15) is 19.7 Å². The molecule has 2 aliphatic heterocycles. The van der Waals surface area contributed by atoms with E-state index in [1.54, 1.807) is 29.2 Å². The molecule has 0 unspecified atom stereocenters. The highest BCUT2D eigenvalue weighted by Gasteiger charge is 2.28. The lowest BCUT2D eigenvalue weighted by Gasteiger charge is -2.32. The van der Waals surface area contributed by atoms with Crippen LogP contribution in [0.2, 0.25) is 0 Å². The maximum Gasteiger partial charge on any atom is 0.293 e. The molecule has 4 rings (SSSR count). The quantitative estimate of drug-likeness (QED) is 0.571. The molecule has 32 heavy (non-hydrogen) atoms. The first-order valence-corrected chi connectivity index (χ1v) is 11.2. The van der Waals surface area contributed by atoms with Gasteiger partial charge in [0.1, 0.15) is 5.69 Å². The summed E-state index contributed by atoms with van der Waals surface area (Å²) in [4.78, 5) is 40.4. The summed E-state index contributed by atoms with van der Waals surface area (Å²) in [5, 5.41) is 14.7. The van der Waals surface area contributed by atoms with Crippen molar-refractivity contribution < 1.29 is 14.5 Å². The molecule has 0 aromatic heterocycles. The molecule has 2 heterocycles. The molecule has 2 saturated heterocycles. The third-order valence-electron chi connectivity index (χ3n) is 6.27. The number of rotatable bonds is 5. The predicted octanol–water partition coefficient (Wildman–Crippen LogP) is 3.62. The van der Waals surface area contributed by atoms with Crippen LogP contribution in [0.3, 0.4) is 0 Å². The van der Waals surface area contributed by atoms with E-state index in [-0.39, 0.29) is 23.5 Å². The number of nitro benzene ring substituents is 1. The lowest BCUT2D eigenvalue weighted by atomic mass is 10.0. The minimum atomic E-state index is -0.397. The van der Waals surface area contributed by atoms with Crippen molar-refractivity contribution in [2.45, 2.75) is 38.1 Å². The summed E-state index contributed by atoms with van der Waals surface area (Å²) in [7, 11) is 0.